The first-order valence-corrected chi connectivity index (χ1v) is 8.77. The van der Waals surface area contributed by atoms with E-state index in [4.69, 9.17) is 0 Å². The Bertz CT molecular complexity index is 592. The minimum atomic E-state index is -3.38. The van der Waals surface area contributed by atoms with E-state index in [1.807, 2.05) is 20.8 Å². The van der Waals surface area contributed by atoms with E-state index in [1.165, 1.54) is 18.4 Å². The van der Waals surface area contributed by atoms with Gasteiger partial charge in [-0.25, -0.2) is 17.7 Å². The van der Waals surface area contributed by atoms with E-state index in [1.54, 1.807) is 24.3 Å². The molecule has 22 heavy (non-hydrogen) atoms. The second kappa shape index (κ2) is 8.14. The van der Waals surface area contributed by atoms with Crippen LogP contribution in [0.1, 0.15) is 26.3 Å². The third-order valence-electron chi connectivity index (χ3n) is 2.89. The molecule has 0 atom stereocenters. The van der Waals surface area contributed by atoms with Gasteiger partial charge in [0, 0.05) is 26.7 Å². The molecule has 0 aromatic heterocycles. The molecule has 0 heterocycles. The van der Waals surface area contributed by atoms with Crippen molar-refractivity contribution in [3.8, 4) is 0 Å². The van der Waals surface area contributed by atoms with Crippen LogP contribution in [-0.2, 0) is 16.6 Å². The Labute approximate surface area is 133 Å². The van der Waals surface area contributed by atoms with E-state index < -0.39 is 10.0 Å². The number of hydrogen-bond acceptors (Lipinski definition) is 3. The molecule has 0 amide bonds. The Balaban J connectivity index is 2.83. The fraction of sp³-hybridized carbons (Fsp3) is 0.533. The lowest BCUT2D eigenvalue weighted by atomic mass is 10.2. The topological polar surface area (TPSA) is 73.8 Å². The highest BCUT2D eigenvalue weighted by molar-refractivity contribution is 7.89. The summed E-state index contributed by atoms with van der Waals surface area (Å²) >= 11 is 0. The molecule has 0 saturated heterocycles. The Morgan fingerprint density at radius 1 is 1.23 bits per heavy atom. The number of nitrogens with zero attached hydrogens (tertiary/aromatic N) is 2. The van der Waals surface area contributed by atoms with Crippen LogP contribution in [0.5, 0.6) is 0 Å². The van der Waals surface area contributed by atoms with Gasteiger partial charge in [-0.05, 0) is 38.5 Å². The van der Waals surface area contributed by atoms with Crippen LogP contribution in [0, 0.1) is 0 Å². The van der Waals surface area contributed by atoms with Crippen LogP contribution < -0.4 is 10.6 Å². The lowest BCUT2D eigenvalue weighted by Crippen LogP contribution is -2.40. The maximum Gasteiger partial charge on any atom is 0.242 e. The van der Waals surface area contributed by atoms with E-state index in [9.17, 15) is 8.42 Å². The molecule has 0 aliphatic rings. The predicted molar refractivity (Wildman–Crippen MR) is 90.4 cm³/mol. The average molecular weight is 326 g/mol. The van der Waals surface area contributed by atoms with Gasteiger partial charge in [0.2, 0.25) is 10.0 Å². The number of nitrogens with one attached hydrogen (secondary N) is 2. The van der Waals surface area contributed by atoms with E-state index in [2.05, 4.69) is 15.6 Å². The molecule has 0 spiro atoms. The molecule has 0 radical (unpaired) electrons. The summed E-state index contributed by atoms with van der Waals surface area (Å²) in [7, 11) is -0.333. The molecule has 124 valence electrons. The molecule has 0 fully saturated rings. The summed E-state index contributed by atoms with van der Waals surface area (Å²) in [5.74, 6) is 0.752. The van der Waals surface area contributed by atoms with Crippen LogP contribution in [0.2, 0.25) is 0 Å². The molecule has 0 saturated carbocycles. The van der Waals surface area contributed by atoms with Crippen molar-refractivity contribution in [1.82, 2.24) is 14.9 Å². The van der Waals surface area contributed by atoms with Crippen molar-refractivity contribution >= 4 is 16.0 Å². The molecule has 7 heteroatoms. The second-order valence-electron chi connectivity index (χ2n) is 5.43. The molecule has 1 rings (SSSR count). The van der Waals surface area contributed by atoms with Gasteiger partial charge in [0.1, 0.15) is 0 Å². The van der Waals surface area contributed by atoms with Crippen molar-refractivity contribution in [3.05, 3.63) is 29.8 Å². The van der Waals surface area contributed by atoms with Gasteiger partial charge < -0.3 is 10.6 Å². The first-order valence-electron chi connectivity index (χ1n) is 7.33. The van der Waals surface area contributed by atoms with E-state index in [0.717, 1.165) is 18.1 Å². The molecule has 0 bridgehead atoms. The van der Waals surface area contributed by atoms with Gasteiger partial charge in [-0.3, -0.25) is 0 Å². The molecular weight excluding hydrogens is 300 g/mol. The zero-order valence-corrected chi connectivity index (χ0v) is 14.7. The van der Waals surface area contributed by atoms with Crippen LogP contribution >= 0.6 is 0 Å². The zero-order valence-electron chi connectivity index (χ0n) is 13.9. The molecule has 6 nitrogen and oxygen atoms in total. The van der Waals surface area contributed by atoms with Gasteiger partial charge >= 0.3 is 0 Å². The molecule has 0 aliphatic heterocycles. The number of hydrogen-bond donors (Lipinski definition) is 2. The Morgan fingerprint density at radius 3 is 2.27 bits per heavy atom. The highest BCUT2D eigenvalue weighted by atomic mass is 32.2. The number of guanidine groups is 1. The maximum absolute atomic E-state index is 12.0. The first-order chi connectivity index (χ1) is 10.3. The normalized spacial score (nSPS) is 12.8. The quantitative estimate of drug-likeness (QED) is 0.612. The minimum absolute atomic E-state index is 0.289. The monoisotopic (exact) mass is 326 g/mol. The summed E-state index contributed by atoms with van der Waals surface area (Å²) in [5, 5.41) is 6.41. The van der Waals surface area contributed by atoms with Gasteiger partial charge in [-0.15, -0.1) is 0 Å². The van der Waals surface area contributed by atoms with Gasteiger partial charge in [0.05, 0.1) is 11.4 Å². The average Bonchev–Trinajstić information content (AvgIpc) is 2.44. The van der Waals surface area contributed by atoms with Crippen molar-refractivity contribution < 1.29 is 8.42 Å². The summed E-state index contributed by atoms with van der Waals surface area (Å²) in [6, 6.07) is 7.11. The van der Waals surface area contributed by atoms with Crippen LogP contribution in [-0.4, -0.2) is 45.4 Å². The highest BCUT2D eigenvalue weighted by Gasteiger charge is 2.16. The van der Waals surface area contributed by atoms with E-state index in [-0.39, 0.29) is 4.90 Å². The van der Waals surface area contributed by atoms with Crippen LogP contribution in [0.3, 0.4) is 0 Å². The van der Waals surface area contributed by atoms with Crippen LogP contribution in [0.25, 0.3) is 0 Å². The van der Waals surface area contributed by atoms with Crippen molar-refractivity contribution in [2.45, 2.75) is 38.3 Å². The number of aliphatic imine (C=N–C) groups is 1. The molecule has 0 unspecified atom stereocenters. The highest BCUT2D eigenvalue weighted by Crippen LogP contribution is 2.14. The summed E-state index contributed by atoms with van der Waals surface area (Å²) < 4.78 is 25.2. The third-order valence-corrected chi connectivity index (χ3v) is 4.72. The SMILES string of the molecule is CCNC(=NCc1ccc(S(=O)(=O)N(C)C)cc1)NC(C)C. The van der Waals surface area contributed by atoms with Gasteiger partial charge in [0.25, 0.3) is 0 Å². The second-order valence-corrected chi connectivity index (χ2v) is 7.58. The third kappa shape index (κ3) is 5.31. The van der Waals surface area contributed by atoms with E-state index in [0.29, 0.717) is 12.6 Å². The lowest BCUT2D eigenvalue weighted by molar-refractivity contribution is 0.520. The van der Waals surface area contributed by atoms with Gasteiger partial charge in [0.15, 0.2) is 5.96 Å². The van der Waals surface area contributed by atoms with E-state index >= 15 is 0 Å². The van der Waals surface area contributed by atoms with Crippen molar-refractivity contribution in [2.75, 3.05) is 20.6 Å². The molecule has 1 aromatic carbocycles. The maximum atomic E-state index is 12.0. The predicted octanol–water partition coefficient (Wildman–Crippen LogP) is 1.40. The number of rotatable bonds is 6. The first kappa shape index (κ1) is 18.4. The molecule has 2 N–H and O–H groups in total. The summed E-state index contributed by atoms with van der Waals surface area (Å²) in [6.45, 7) is 7.39. The van der Waals surface area contributed by atoms with Gasteiger partial charge in [-0.1, -0.05) is 12.1 Å². The Morgan fingerprint density at radius 2 is 1.82 bits per heavy atom. The summed E-state index contributed by atoms with van der Waals surface area (Å²) in [6.07, 6.45) is 0. The van der Waals surface area contributed by atoms with Crippen molar-refractivity contribution in [1.29, 1.82) is 0 Å². The number of benzene rings is 1. The smallest absolute Gasteiger partial charge is 0.242 e. The summed E-state index contributed by atoms with van der Waals surface area (Å²) in [4.78, 5) is 4.77. The van der Waals surface area contributed by atoms with Crippen LogP contribution in [0.15, 0.2) is 34.2 Å². The molecule has 0 aliphatic carbocycles. The largest absolute Gasteiger partial charge is 0.357 e. The molecule has 1 aromatic rings. The Kier molecular flexibility index (Phi) is 6.83. The van der Waals surface area contributed by atoms with Crippen molar-refractivity contribution in [2.24, 2.45) is 4.99 Å². The van der Waals surface area contributed by atoms with Gasteiger partial charge in [-0.2, -0.15) is 0 Å². The Hall–Kier alpha value is -1.60. The fourth-order valence-corrected chi connectivity index (χ4v) is 2.64. The van der Waals surface area contributed by atoms with Crippen molar-refractivity contribution in [3.63, 3.8) is 0 Å². The minimum Gasteiger partial charge on any atom is -0.357 e. The zero-order chi connectivity index (χ0) is 16.8. The summed E-state index contributed by atoms with van der Waals surface area (Å²) in [5.41, 5.74) is 0.957. The molecular formula is C15H26N4O2S. The van der Waals surface area contributed by atoms with Crippen LogP contribution in [0.4, 0.5) is 0 Å². The lowest BCUT2D eigenvalue weighted by Gasteiger charge is -2.14. The number of sulfonamides is 1. The fourth-order valence-electron chi connectivity index (χ4n) is 1.74. The standard InChI is InChI=1S/C15H26N4O2S/c1-6-16-15(18-12(2)3)17-11-13-7-9-14(10-8-13)22(20,21)19(4)5/h7-10,12H,6,11H2,1-5H3,(H2,16,17,18).